The van der Waals surface area contributed by atoms with E-state index in [-0.39, 0.29) is 0 Å². The lowest BCUT2D eigenvalue weighted by Crippen LogP contribution is -2.28. The molecule has 0 amide bonds. The normalized spacial score (nSPS) is 11.4. The Morgan fingerprint density at radius 2 is 1.12 bits per heavy atom. The molecule has 0 atom stereocenters. The predicted molar refractivity (Wildman–Crippen MR) is 69.4 cm³/mol. The molecule has 1 nitrogen and oxygen atoms in total. The monoisotopic (exact) mass is 225 g/mol. The predicted octanol–water partition coefficient (Wildman–Crippen LogP) is 3.66. The van der Waals surface area contributed by atoms with Crippen molar-refractivity contribution in [2.45, 2.75) is 25.4 Å². The van der Waals surface area contributed by atoms with Crippen LogP contribution in [0.4, 0.5) is 0 Å². The van der Waals surface area contributed by atoms with E-state index in [0.717, 1.165) is 11.1 Å². The van der Waals surface area contributed by atoms with Crippen LogP contribution in [0.15, 0.2) is 60.7 Å². The summed E-state index contributed by atoms with van der Waals surface area (Å²) >= 11 is 0. The van der Waals surface area contributed by atoms with Gasteiger partial charge in [-0.1, -0.05) is 60.7 Å². The first kappa shape index (κ1) is 11.9. The Morgan fingerprint density at radius 1 is 0.765 bits per heavy atom. The average molecular weight is 225 g/mol. The fourth-order valence-corrected chi connectivity index (χ4v) is 2.12. The minimum absolute atomic E-state index is 0.572. The van der Waals surface area contributed by atoms with Crippen LogP contribution in [0.3, 0.4) is 0 Å². The highest BCUT2D eigenvalue weighted by Gasteiger charge is 2.23. The van der Waals surface area contributed by atoms with E-state index in [4.69, 9.17) is 0 Å². The third kappa shape index (κ3) is 3.72. The summed E-state index contributed by atoms with van der Waals surface area (Å²) in [6.07, 6.45) is 1.14. The topological polar surface area (TPSA) is 19.9 Å². The molecule has 0 aliphatic rings. The van der Waals surface area contributed by atoms with Crippen molar-refractivity contribution in [2.75, 3.05) is 0 Å². The van der Waals surface area contributed by atoms with Crippen LogP contribution >= 0.6 is 0 Å². The van der Waals surface area contributed by atoms with E-state index in [1.165, 1.54) is 0 Å². The van der Waals surface area contributed by atoms with Crippen molar-refractivity contribution in [3.05, 3.63) is 71.8 Å². The summed E-state index contributed by atoms with van der Waals surface area (Å²) in [4.78, 5) is 0. The Kier molecular flexibility index (Phi) is 3.60. The summed E-state index contributed by atoms with van der Waals surface area (Å²) in [7, 11) is 0. The first-order valence-electron chi connectivity index (χ1n) is 5.94. The van der Waals surface area contributed by atoms with Crippen LogP contribution in [0.2, 0.25) is 0 Å². The highest BCUT2D eigenvalue weighted by molar-refractivity contribution is 5.20. The van der Waals surface area contributed by atoms with Gasteiger partial charge in [0, 0.05) is 12.8 Å². The average Bonchev–Trinajstić information content (AvgIpc) is 2.30. The highest BCUT2D eigenvalue weighted by atomic mass is 16.3. The molecule has 0 bridgehead atoms. The Morgan fingerprint density at radius 3 is 1.47 bits per heavy atom. The second-order valence-corrected chi connectivity index (χ2v) is 4.77. The van der Waals surface area contributed by atoms with E-state index in [1.807, 2.05) is 60.7 Å². The molecule has 2 rings (SSSR count). The summed E-state index contributed by atoms with van der Waals surface area (Å²) in [5.41, 5.74) is 1.28. The largest absolute Gasteiger partial charge is 0.229 e. The van der Waals surface area contributed by atoms with Crippen LogP contribution in [0, 0.1) is 0 Å². The van der Waals surface area contributed by atoms with Crippen molar-refractivity contribution in [1.82, 2.24) is 0 Å². The Labute approximate surface area is 103 Å². The summed E-state index contributed by atoms with van der Waals surface area (Å²) < 4.78 is 0. The van der Waals surface area contributed by atoms with E-state index in [1.54, 1.807) is 6.92 Å². The summed E-state index contributed by atoms with van der Waals surface area (Å²) in [6.45, 7) is 1.78. The van der Waals surface area contributed by atoms with E-state index < -0.39 is 5.60 Å². The maximum atomic E-state index is 12.4. The highest BCUT2D eigenvalue weighted by Crippen LogP contribution is 2.19. The molecule has 0 aliphatic carbocycles. The van der Waals surface area contributed by atoms with Crippen LogP contribution in [-0.2, 0) is 17.9 Å². The van der Waals surface area contributed by atoms with Gasteiger partial charge in [0.1, 0.15) is 5.60 Å². The third-order valence-corrected chi connectivity index (χ3v) is 2.84. The fraction of sp³-hybridized carbons (Fsp3) is 0.250. The van der Waals surface area contributed by atoms with Gasteiger partial charge in [0.05, 0.1) is 0 Å². The molecule has 17 heavy (non-hydrogen) atoms. The van der Waals surface area contributed by atoms with Gasteiger partial charge in [-0.15, -0.1) is 0 Å². The molecule has 1 heteroatoms. The van der Waals surface area contributed by atoms with Crippen LogP contribution < -0.4 is 0 Å². The molecule has 0 aliphatic heterocycles. The molecule has 0 heterocycles. The van der Waals surface area contributed by atoms with Gasteiger partial charge in [0.2, 0.25) is 0 Å². The van der Waals surface area contributed by atoms with E-state index in [2.05, 4.69) is 0 Å². The zero-order valence-electron chi connectivity index (χ0n) is 10.1. The number of hydrogen-bond donors (Lipinski definition) is 0. The van der Waals surface area contributed by atoms with Crippen molar-refractivity contribution in [3.8, 4) is 0 Å². The van der Waals surface area contributed by atoms with Crippen LogP contribution in [0.5, 0.6) is 0 Å². The lowest BCUT2D eigenvalue weighted by atomic mass is 9.90. The quantitative estimate of drug-likeness (QED) is 0.756. The van der Waals surface area contributed by atoms with E-state index in [0.29, 0.717) is 12.8 Å². The molecule has 0 unspecified atom stereocenters. The second kappa shape index (κ2) is 5.15. The molecular weight excluding hydrogens is 208 g/mol. The number of benzene rings is 2. The van der Waals surface area contributed by atoms with Crippen LogP contribution in [0.1, 0.15) is 18.1 Å². The van der Waals surface area contributed by atoms with Gasteiger partial charge in [-0.2, -0.15) is 0 Å². The molecule has 0 fully saturated rings. The second-order valence-electron chi connectivity index (χ2n) is 4.77. The van der Waals surface area contributed by atoms with Gasteiger partial charge in [-0.25, -0.2) is 5.11 Å². The molecule has 1 radical (unpaired) electrons. The number of hydrogen-bond acceptors (Lipinski definition) is 0. The zero-order valence-corrected chi connectivity index (χ0v) is 10.1. The van der Waals surface area contributed by atoms with Crippen molar-refractivity contribution in [1.29, 1.82) is 0 Å². The molecule has 0 spiro atoms. The van der Waals surface area contributed by atoms with Crippen LogP contribution in [0.25, 0.3) is 0 Å². The Hall–Kier alpha value is -1.60. The van der Waals surface area contributed by atoms with Crippen molar-refractivity contribution in [3.63, 3.8) is 0 Å². The Balaban J connectivity index is 2.04. The first-order valence-corrected chi connectivity index (χ1v) is 5.94. The van der Waals surface area contributed by atoms with Gasteiger partial charge < -0.3 is 0 Å². The van der Waals surface area contributed by atoms with Crippen molar-refractivity contribution >= 4 is 0 Å². The van der Waals surface area contributed by atoms with Gasteiger partial charge in [-0.3, -0.25) is 0 Å². The maximum Gasteiger partial charge on any atom is 0.109 e. The van der Waals surface area contributed by atoms with E-state index >= 15 is 0 Å². The summed E-state index contributed by atoms with van der Waals surface area (Å²) in [5, 5.41) is 12.4. The summed E-state index contributed by atoms with van der Waals surface area (Å²) in [5.74, 6) is 0. The van der Waals surface area contributed by atoms with Gasteiger partial charge in [0.15, 0.2) is 0 Å². The fourth-order valence-electron chi connectivity index (χ4n) is 2.12. The lowest BCUT2D eigenvalue weighted by molar-refractivity contribution is -0.0121. The van der Waals surface area contributed by atoms with Crippen molar-refractivity contribution < 1.29 is 5.11 Å². The lowest BCUT2D eigenvalue weighted by Gasteiger charge is -2.20. The third-order valence-electron chi connectivity index (χ3n) is 2.84. The van der Waals surface area contributed by atoms with Crippen LogP contribution in [-0.4, -0.2) is 5.60 Å². The molecule has 0 saturated carbocycles. The number of rotatable bonds is 4. The first-order chi connectivity index (χ1) is 8.16. The minimum Gasteiger partial charge on any atom is -0.229 e. The molecular formula is C16H17O. The molecule has 87 valence electrons. The zero-order chi connectivity index (χ0) is 12.1. The van der Waals surface area contributed by atoms with E-state index in [9.17, 15) is 5.11 Å². The van der Waals surface area contributed by atoms with Gasteiger partial charge in [0.25, 0.3) is 0 Å². The standard InChI is InChI=1S/C16H17O/c1-16(17,12-14-8-4-2-5-9-14)13-15-10-6-3-7-11-15/h2-11H,12-13H2,1H3. The molecule has 0 saturated heterocycles. The smallest absolute Gasteiger partial charge is 0.109 e. The molecule has 0 N–H and O–H groups in total. The molecule has 0 aromatic heterocycles. The SMILES string of the molecule is CC([O])(Cc1ccccc1)Cc1ccccc1. The van der Waals surface area contributed by atoms with Gasteiger partial charge in [-0.05, 0) is 18.1 Å². The molecule has 2 aromatic rings. The van der Waals surface area contributed by atoms with Crippen molar-refractivity contribution in [2.24, 2.45) is 0 Å². The summed E-state index contributed by atoms with van der Waals surface area (Å²) in [6, 6.07) is 19.9. The van der Waals surface area contributed by atoms with Gasteiger partial charge >= 0.3 is 0 Å². The maximum absolute atomic E-state index is 12.4. The Bertz CT molecular complexity index is 402. The minimum atomic E-state index is -0.942. The molecule has 2 aromatic carbocycles.